The number of aliphatic carboxylic acids is 1. The molecule has 1 unspecified atom stereocenters. The van der Waals surface area contributed by atoms with Crippen molar-refractivity contribution < 1.29 is 94.3 Å². The summed E-state index contributed by atoms with van der Waals surface area (Å²) in [4.78, 5) is 51.7. The van der Waals surface area contributed by atoms with Crippen LogP contribution in [0.4, 0.5) is 5.69 Å². The van der Waals surface area contributed by atoms with Crippen molar-refractivity contribution in [3.63, 3.8) is 0 Å². The van der Waals surface area contributed by atoms with Crippen molar-refractivity contribution in [3.8, 4) is 0 Å². The summed E-state index contributed by atoms with van der Waals surface area (Å²) in [7, 11) is 1.77. The minimum absolute atomic E-state index is 0.106. The van der Waals surface area contributed by atoms with Gasteiger partial charge in [-0.3, -0.25) is 19.2 Å². The Morgan fingerprint density at radius 1 is 0.725 bits per heavy atom. The Hall–Kier alpha value is -5.08. The van der Waals surface area contributed by atoms with Crippen LogP contribution < -0.4 is 11.1 Å². The first-order chi connectivity index (χ1) is 37.9. The molecule has 0 aromatic heterocycles. The van der Waals surface area contributed by atoms with Crippen LogP contribution in [0.5, 0.6) is 0 Å². The van der Waals surface area contributed by atoms with E-state index in [9.17, 15) is 75.3 Å². The van der Waals surface area contributed by atoms with Crippen LogP contribution in [0.3, 0.4) is 0 Å². The fraction of sp³-hybridized carbons (Fsp3) is 0.593. The van der Waals surface area contributed by atoms with Crippen LogP contribution in [-0.2, 0) is 33.3 Å². The number of benzene rings is 1. The third-order valence-corrected chi connectivity index (χ3v) is 14.4. The number of ketones is 2. The van der Waals surface area contributed by atoms with E-state index >= 15 is 0 Å². The number of anilines is 1. The number of nitrogens with two attached hydrogens (primary N) is 1. The molecule has 80 heavy (non-hydrogen) atoms. The molecule has 19 atom stereocenters. The van der Waals surface area contributed by atoms with Gasteiger partial charge in [0.15, 0.2) is 17.9 Å². The highest BCUT2D eigenvalue weighted by Crippen LogP contribution is 2.38. The fourth-order valence-electron chi connectivity index (χ4n) is 10.1. The number of carbonyl (C=O) groups is 4. The van der Waals surface area contributed by atoms with Gasteiger partial charge in [-0.1, -0.05) is 98.9 Å². The number of nitrogens with one attached hydrogen (secondary N) is 1. The molecular formula is C59H86N2O19. The summed E-state index contributed by atoms with van der Waals surface area (Å²) in [6.07, 6.45) is 1.86. The average Bonchev–Trinajstić information content (AvgIpc) is 3.48. The molecule has 446 valence electrons. The number of aliphatic hydroxyl groups is 10. The number of aliphatic hydroxyl groups excluding tert-OH is 9. The van der Waals surface area contributed by atoms with Gasteiger partial charge in [0.05, 0.1) is 79.6 Å². The number of hydrogen-bond donors (Lipinski definition) is 13. The molecule has 0 amide bonds. The molecule has 2 saturated heterocycles. The standard InChI is InChI=1S/C59H86N2O19/c1-35-17-15-13-11-9-7-5-6-8-10-12-14-16-18-47(78-58-55(73)53(60)54(72)37(3)77-58)32-50-52(57(74)75)49(70)34-59(76,80-50)33-46(68)29-44(66)27-42(64)25-41(63)26-43(65)28-45(67)31-51(71)79-56(35)36(2)19-24-40(62)30-48(69)38-20-22-39(61-4)23-21-38/h5-18,20-23,35-37,40-42,44-47,49-50,52-56,58,61-64,66-68,70,72-73,76H,19,24-34,60H2,1-4H3,(H,74,75)/b6-5-,9-7-,10-8+,13-11+,14-12+,17-15+,18-16+/t35-,36-,37+,40?,41+,42-,44-,45+,46-,47-,49-,50-,52+,53-,54+,55+,56-,58-,59+/m0/s1. The lowest BCUT2D eigenvalue weighted by molar-refractivity contribution is -0.308. The van der Waals surface area contributed by atoms with Crippen LogP contribution in [0.1, 0.15) is 108 Å². The van der Waals surface area contributed by atoms with Crippen LogP contribution in [0.25, 0.3) is 0 Å². The predicted octanol–water partition coefficient (Wildman–Crippen LogP) is 2.75. The average molecular weight is 1130 g/mol. The summed E-state index contributed by atoms with van der Waals surface area (Å²) in [5.74, 6) is -7.75. The summed E-state index contributed by atoms with van der Waals surface area (Å²) in [6.45, 7) is 5.22. The Labute approximate surface area is 468 Å². The van der Waals surface area contributed by atoms with E-state index < -0.39 is 172 Å². The minimum Gasteiger partial charge on any atom is -0.481 e. The van der Waals surface area contributed by atoms with Crippen LogP contribution in [0.15, 0.2) is 109 Å². The molecule has 1 aromatic rings. The van der Waals surface area contributed by atoms with Crippen molar-refractivity contribution in [1.82, 2.24) is 0 Å². The van der Waals surface area contributed by atoms with Crippen molar-refractivity contribution in [2.75, 3.05) is 12.4 Å². The zero-order valence-corrected chi connectivity index (χ0v) is 46.0. The van der Waals surface area contributed by atoms with Gasteiger partial charge in [0.2, 0.25) is 0 Å². The van der Waals surface area contributed by atoms with Gasteiger partial charge in [-0.15, -0.1) is 0 Å². The summed E-state index contributed by atoms with van der Waals surface area (Å²) < 4.78 is 23.7. The lowest BCUT2D eigenvalue weighted by atomic mass is 9.82. The van der Waals surface area contributed by atoms with E-state index in [2.05, 4.69) is 5.32 Å². The zero-order chi connectivity index (χ0) is 59.1. The van der Waals surface area contributed by atoms with E-state index in [-0.39, 0.29) is 36.9 Å². The number of cyclic esters (lactones) is 1. The first kappa shape index (κ1) is 67.4. The number of ether oxygens (including phenoxy) is 4. The molecule has 0 spiro atoms. The molecule has 21 heteroatoms. The molecule has 3 heterocycles. The third-order valence-electron chi connectivity index (χ3n) is 14.4. The Bertz CT molecular complexity index is 2300. The van der Waals surface area contributed by atoms with E-state index in [1.54, 1.807) is 104 Å². The number of hydrogen-bond acceptors (Lipinski definition) is 20. The Kier molecular flexibility index (Phi) is 28.4. The van der Waals surface area contributed by atoms with Crippen molar-refractivity contribution >= 4 is 29.2 Å². The zero-order valence-electron chi connectivity index (χ0n) is 46.0. The predicted molar refractivity (Wildman–Crippen MR) is 295 cm³/mol. The van der Waals surface area contributed by atoms with Gasteiger partial charge in [-0.2, -0.15) is 0 Å². The molecule has 1 aromatic carbocycles. The van der Waals surface area contributed by atoms with Gasteiger partial charge in [0.25, 0.3) is 0 Å². The van der Waals surface area contributed by atoms with Crippen molar-refractivity contribution in [2.45, 2.75) is 195 Å². The van der Waals surface area contributed by atoms with Crippen LogP contribution >= 0.6 is 0 Å². The maximum absolute atomic E-state index is 13.3. The second kappa shape index (κ2) is 33.7. The third kappa shape index (κ3) is 23.0. The smallest absolute Gasteiger partial charge is 0.311 e. The maximum Gasteiger partial charge on any atom is 0.311 e. The molecule has 0 saturated carbocycles. The van der Waals surface area contributed by atoms with E-state index in [1.807, 2.05) is 19.9 Å². The molecule has 0 aliphatic carbocycles. The lowest BCUT2D eigenvalue weighted by Crippen LogP contribution is -2.61. The van der Waals surface area contributed by atoms with Crippen LogP contribution in [0.2, 0.25) is 0 Å². The molecule has 4 rings (SSSR count). The van der Waals surface area contributed by atoms with Crippen molar-refractivity contribution in [2.24, 2.45) is 23.5 Å². The topological polar surface area (TPSA) is 366 Å². The second-order valence-corrected chi connectivity index (χ2v) is 21.4. The number of rotatable bonds is 11. The Morgan fingerprint density at radius 2 is 1.27 bits per heavy atom. The molecule has 3 aliphatic heterocycles. The molecule has 2 fully saturated rings. The second-order valence-electron chi connectivity index (χ2n) is 21.4. The first-order valence-corrected chi connectivity index (χ1v) is 27.4. The summed E-state index contributed by atoms with van der Waals surface area (Å²) in [6, 6.07) is 5.74. The number of carbonyl (C=O) groups excluding carboxylic acids is 3. The molecule has 0 radical (unpaired) electrons. The number of fused-ring (bicyclic) bond motifs is 2. The first-order valence-electron chi connectivity index (χ1n) is 27.4. The Balaban J connectivity index is 1.54. The van der Waals surface area contributed by atoms with Crippen molar-refractivity contribution in [3.05, 3.63) is 115 Å². The SMILES string of the molecule is CNc1ccc(C(=O)CC(O)CC[C@H](C)[C@H]2OC(=O)C[C@H](O)CC(=O)C[C@H](O)C[C@H](O)C[C@H](O)C[C@H](O)C[C@]3(O)C[C@H](O)[C@@H](C(=O)O)[C@H](C[C@@H](O[C@@H]4O[C@H](C)[C@@H](O)[C@H](N)[C@H]4O)/C=C/C=C/C=C/C=C\C=C/C=C/C=C/[C@@H]2C)O3)cc1. The highest BCUT2D eigenvalue weighted by molar-refractivity contribution is 5.96. The highest BCUT2D eigenvalue weighted by atomic mass is 16.7. The van der Waals surface area contributed by atoms with E-state index in [4.69, 9.17) is 24.7 Å². The summed E-state index contributed by atoms with van der Waals surface area (Å²) >= 11 is 0. The summed E-state index contributed by atoms with van der Waals surface area (Å²) in [5, 5.41) is 122. The van der Waals surface area contributed by atoms with Gasteiger partial charge in [0.1, 0.15) is 23.9 Å². The van der Waals surface area contributed by atoms with E-state index in [1.165, 1.54) is 13.0 Å². The fourth-order valence-corrected chi connectivity index (χ4v) is 10.1. The molecule has 14 N–H and O–H groups in total. The van der Waals surface area contributed by atoms with E-state index in [0.717, 1.165) is 5.69 Å². The largest absolute Gasteiger partial charge is 0.481 e. The summed E-state index contributed by atoms with van der Waals surface area (Å²) in [5.41, 5.74) is 7.35. The number of carboxylic acid groups (broad SMARTS) is 1. The molecular weight excluding hydrogens is 1040 g/mol. The number of allylic oxidation sites excluding steroid dienone is 12. The van der Waals surface area contributed by atoms with Gasteiger partial charge in [-0.05, 0) is 69.2 Å². The quantitative estimate of drug-likeness (QED) is 0.112. The molecule has 2 bridgehead atoms. The van der Waals surface area contributed by atoms with Gasteiger partial charge in [-0.25, -0.2) is 0 Å². The van der Waals surface area contributed by atoms with Crippen LogP contribution in [0, 0.1) is 17.8 Å². The van der Waals surface area contributed by atoms with Gasteiger partial charge >= 0.3 is 11.9 Å². The van der Waals surface area contributed by atoms with Gasteiger partial charge in [0, 0.05) is 62.7 Å². The normalized spacial score (nSPS) is 38.0. The minimum atomic E-state index is -2.34. The number of Topliss-reactive ketones (excluding diaryl/α,β-unsaturated/α-hetero) is 2. The number of carboxylic acids is 1. The lowest BCUT2D eigenvalue weighted by Gasteiger charge is -2.45. The van der Waals surface area contributed by atoms with Crippen molar-refractivity contribution in [1.29, 1.82) is 0 Å². The highest BCUT2D eigenvalue weighted by Gasteiger charge is 2.51. The number of esters is 1. The maximum atomic E-state index is 13.3. The molecule has 21 nitrogen and oxygen atoms in total. The van der Waals surface area contributed by atoms with Gasteiger partial charge < -0.3 is 86.2 Å². The monoisotopic (exact) mass is 1130 g/mol. The van der Waals surface area contributed by atoms with Crippen LogP contribution in [-0.4, -0.2) is 184 Å². The molecule has 3 aliphatic rings. The Morgan fingerprint density at radius 3 is 1.86 bits per heavy atom. The van der Waals surface area contributed by atoms with E-state index in [0.29, 0.717) is 12.0 Å².